The number of anilines is 1. The van der Waals surface area contributed by atoms with Crippen LogP contribution in [0.2, 0.25) is 0 Å². The zero-order valence-electron chi connectivity index (χ0n) is 11.0. The van der Waals surface area contributed by atoms with E-state index in [1.54, 1.807) is 0 Å². The fourth-order valence-corrected chi connectivity index (χ4v) is 2.11. The molecule has 0 bridgehead atoms. The summed E-state index contributed by atoms with van der Waals surface area (Å²) in [6.45, 7) is 2.55. The Morgan fingerprint density at radius 2 is 2.35 bits per heavy atom. The summed E-state index contributed by atoms with van der Waals surface area (Å²) in [6.07, 6.45) is 2.58. The van der Waals surface area contributed by atoms with Gasteiger partial charge in [0.2, 0.25) is 0 Å². The molecule has 1 fully saturated rings. The molecule has 1 saturated carbocycles. The van der Waals surface area contributed by atoms with Crippen molar-refractivity contribution in [3.8, 4) is 0 Å². The van der Waals surface area contributed by atoms with E-state index < -0.39 is 10.8 Å². The average Bonchev–Trinajstić information content (AvgIpc) is 2.35. The zero-order chi connectivity index (χ0) is 14.7. The summed E-state index contributed by atoms with van der Waals surface area (Å²) in [7, 11) is 0. The van der Waals surface area contributed by atoms with Gasteiger partial charge in [0.05, 0.1) is 11.0 Å². The molecule has 3 N–H and O–H groups in total. The van der Waals surface area contributed by atoms with Gasteiger partial charge in [-0.2, -0.15) is 0 Å². The maximum absolute atomic E-state index is 12.1. The van der Waals surface area contributed by atoms with E-state index >= 15 is 0 Å². The average molecular weight is 280 g/mol. The molecule has 1 aromatic rings. The number of hydrogen-bond donors (Lipinski definition) is 2. The molecule has 0 radical (unpaired) electrons. The second kappa shape index (κ2) is 5.83. The Hall–Kier alpha value is -2.22. The van der Waals surface area contributed by atoms with Gasteiger partial charge in [0.15, 0.2) is 0 Å². The lowest BCUT2D eigenvalue weighted by Crippen LogP contribution is -2.47. The molecule has 1 aromatic heterocycles. The van der Waals surface area contributed by atoms with Crippen molar-refractivity contribution >= 4 is 17.4 Å². The molecule has 1 aliphatic rings. The first kappa shape index (κ1) is 14.2. The first-order chi connectivity index (χ1) is 9.51. The molecule has 1 heterocycles. The van der Waals surface area contributed by atoms with Crippen LogP contribution >= 0.6 is 0 Å². The van der Waals surface area contributed by atoms with Crippen LogP contribution in [0.3, 0.4) is 0 Å². The van der Waals surface area contributed by atoms with Crippen LogP contribution in [0.5, 0.6) is 0 Å². The SMILES string of the molecule is CCOC1CC(NC(=O)c2cc(N)ncc2[N+](=O)[O-])C1. The standard InChI is InChI=1S/C12H16N4O4/c1-2-20-8-3-7(4-8)15-12(17)9-5-11(13)14-6-10(9)16(18)19/h5-8H,2-4H2,1H3,(H2,13,14)(H,15,17). The number of nitrogens with zero attached hydrogens (tertiary/aromatic N) is 2. The Balaban J connectivity index is 2.03. The number of ether oxygens (including phenoxy) is 1. The second-order valence-corrected chi connectivity index (χ2v) is 4.60. The fourth-order valence-electron chi connectivity index (χ4n) is 2.11. The van der Waals surface area contributed by atoms with E-state index in [4.69, 9.17) is 10.5 Å². The molecule has 108 valence electrons. The minimum Gasteiger partial charge on any atom is -0.384 e. The van der Waals surface area contributed by atoms with Crippen LogP contribution in [0.4, 0.5) is 11.5 Å². The van der Waals surface area contributed by atoms with Crippen LogP contribution in [0.15, 0.2) is 12.3 Å². The molecule has 0 saturated heterocycles. The first-order valence-corrected chi connectivity index (χ1v) is 6.33. The highest BCUT2D eigenvalue weighted by atomic mass is 16.6. The summed E-state index contributed by atoms with van der Waals surface area (Å²) in [4.78, 5) is 25.9. The number of carbonyl (C=O) groups is 1. The Morgan fingerprint density at radius 3 is 2.95 bits per heavy atom. The largest absolute Gasteiger partial charge is 0.384 e. The number of hydrogen-bond acceptors (Lipinski definition) is 6. The Morgan fingerprint density at radius 1 is 1.65 bits per heavy atom. The topological polar surface area (TPSA) is 120 Å². The monoisotopic (exact) mass is 280 g/mol. The van der Waals surface area contributed by atoms with Gasteiger partial charge in [-0.3, -0.25) is 14.9 Å². The number of amides is 1. The molecule has 0 spiro atoms. The molecule has 1 aliphatic carbocycles. The van der Waals surface area contributed by atoms with Crippen LogP contribution in [0.1, 0.15) is 30.1 Å². The second-order valence-electron chi connectivity index (χ2n) is 4.60. The number of nitrogens with two attached hydrogens (primary N) is 1. The number of nitro groups is 1. The Bertz CT molecular complexity index is 528. The summed E-state index contributed by atoms with van der Waals surface area (Å²) in [5, 5.41) is 13.6. The van der Waals surface area contributed by atoms with Gasteiger partial charge in [0, 0.05) is 12.6 Å². The van der Waals surface area contributed by atoms with Crippen molar-refractivity contribution in [2.45, 2.75) is 31.9 Å². The maximum Gasteiger partial charge on any atom is 0.300 e. The third-order valence-corrected chi connectivity index (χ3v) is 3.18. The molecule has 0 aromatic carbocycles. The lowest BCUT2D eigenvalue weighted by atomic mass is 9.89. The minimum atomic E-state index is -0.648. The molecular weight excluding hydrogens is 264 g/mol. The van der Waals surface area contributed by atoms with Gasteiger partial charge in [-0.1, -0.05) is 0 Å². The fraction of sp³-hybridized carbons (Fsp3) is 0.500. The van der Waals surface area contributed by atoms with E-state index in [2.05, 4.69) is 10.3 Å². The Labute approximate surface area is 115 Å². The molecule has 2 rings (SSSR count). The van der Waals surface area contributed by atoms with Crippen molar-refractivity contribution in [2.24, 2.45) is 0 Å². The molecule has 8 heteroatoms. The summed E-state index contributed by atoms with van der Waals surface area (Å²) in [5.41, 5.74) is 5.05. The predicted molar refractivity (Wildman–Crippen MR) is 71.2 cm³/mol. The van der Waals surface area contributed by atoms with Crippen molar-refractivity contribution in [3.63, 3.8) is 0 Å². The smallest absolute Gasteiger partial charge is 0.300 e. The van der Waals surface area contributed by atoms with Gasteiger partial charge >= 0.3 is 0 Å². The number of pyridine rings is 1. The lowest BCUT2D eigenvalue weighted by molar-refractivity contribution is -0.385. The van der Waals surface area contributed by atoms with Crippen molar-refractivity contribution in [1.82, 2.24) is 10.3 Å². The Kier molecular flexibility index (Phi) is 4.14. The van der Waals surface area contributed by atoms with Crippen molar-refractivity contribution in [1.29, 1.82) is 0 Å². The third kappa shape index (κ3) is 3.02. The highest BCUT2D eigenvalue weighted by molar-refractivity contribution is 5.98. The zero-order valence-corrected chi connectivity index (χ0v) is 11.0. The quantitative estimate of drug-likeness (QED) is 0.609. The molecule has 0 unspecified atom stereocenters. The van der Waals surface area contributed by atoms with E-state index in [0.29, 0.717) is 19.4 Å². The molecule has 0 atom stereocenters. The normalized spacial score (nSPS) is 21.1. The summed E-state index contributed by atoms with van der Waals surface area (Å²) < 4.78 is 5.39. The predicted octanol–water partition coefficient (Wildman–Crippen LogP) is 0.869. The number of rotatable bonds is 5. The lowest BCUT2D eigenvalue weighted by Gasteiger charge is -2.35. The van der Waals surface area contributed by atoms with E-state index in [-0.39, 0.29) is 29.2 Å². The van der Waals surface area contributed by atoms with E-state index in [1.165, 1.54) is 6.07 Å². The van der Waals surface area contributed by atoms with E-state index in [0.717, 1.165) is 6.20 Å². The summed E-state index contributed by atoms with van der Waals surface area (Å²) in [5.74, 6) is -0.438. The van der Waals surface area contributed by atoms with Gasteiger partial charge in [0.25, 0.3) is 11.6 Å². The van der Waals surface area contributed by atoms with Crippen LogP contribution in [-0.2, 0) is 4.74 Å². The van der Waals surface area contributed by atoms with Gasteiger partial charge in [-0.05, 0) is 25.8 Å². The van der Waals surface area contributed by atoms with Crippen LogP contribution in [0, 0.1) is 10.1 Å². The molecular formula is C12H16N4O4. The summed E-state index contributed by atoms with van der Waals surface area (Å²) >= 11 is 0. The third-order valence-electron chi connectivity index (χ3n) is 3.18. The molecule has 20 heavy (non-hydrogen) atoms. The van der Waals surface area contributed by atoms with Gasteiger partial charge in [-0.25, -0.2) is 4.98 Å². The van der Waals surface area contributed by atoms with Crippen molar-refractivity contribution in [3.05, 3.63) is 27.9 Å². The highest BCUT2D eigenvalue weighted by Crippen LogP contribution is 2.25. The van der Waals surface area contributed by atoms with Crippen LogP contribution in [0.25, 0.3) is 0 Å². The highest BCUT2D eigenvalue weighted by Gasteiger charge is 2.32. The number of nitrogens with one attached hydrogen (secondary N) is 1. The minimum absolute atomic E-state index is 0.0203. The van der Waals surface area contributed by atoms with Crippen molar-refractivity contribution in [2.75, 3.05) is 12.3 Å². The number of nitrogen functional groups attached to an aromatic ring is 1. The van der Waals surface area contributed by atoms with Gasteiger partial charge in [-0.15, -0.1) is 0 Å². The number of aromatic nitrogens is 1. The molecule has 8 nitrogen and oxygen atoms in total. The van der Waals surface area contributed by atoms with E-state index in [1.807, 2.05) is 6.92 Å². The van der Waals surface area contributed by atoms with Gasteiger partial charge < -0.3 is 15.8 Å². The van der Waals surface area contributed by atoms with Gasteiger partial charge in [0.1, 0.15) is 17.6 Å². The maximum atomic E-state index is 12.1. The van der Waals surface area contributed by atoms with Crippen LogP contribution in [-0.4, -0.2) is 34.6 Å². The molecule has 1 amide bonds. The first-order valence-electron chi connectivity index (χ1n) is 6.33. The van der Waals surface area contributed by atoms with Crippen molar-refractivity contribution < 1.29 is 14.5 Å². The van der Waals surface area contributed by atoms with E-state index in [9.17, 15) is 14.9 Å². The molecule has 0 aliphatic heterocycles. The summed E-state index contributed by atoms with van der Waals surface area (Å²) in [6, 6.07) is 1.19. The van der Waals surface area contributed by atoms with Crippen LogP contribution < -0.4 is 11.1 Å². The number of carbonyl (C=O) groups excluding carboxylic acids is 1.